The van der Waals surface area contributed by atoms with Gasteiger partial charge in [-0.3, -0.25) is 4.79 Å². The summed E-state index contributed by atoms with van der Waals surface area (Å²) in [6.45, 7) is 6.15. The first-order valence-electron chi connectivity index (χ1n) is 7.35. The van der Waals surface area contributed by atoms with Gasteiger partial charge in [0, 0.05) is 26.1 Å². The molecule has 0 heterocycles. The van der Waals surface area contributed by atoms with Crippen LogP contribution in [-0.2, 0) is 11.3 Å². The van der Waals surface area contributed by atoms with E-state index in [1.807, 2.05) is 6.07 Å². The zero-order valence-corrected chi connectivity index (χ0v) is 13.0. The van der Waals surface area contributed by atoms with Gasteiger partial charge >= 0.3 is 0 Å². The predicted octanol–water partition coefficient (Wildman–Crippen LogP) is 2.48. The Bertz CT molecular complexity index is 450. The van der Waals surface area contributed by atoms with Crippen molar-refractivity contribution >= 4 is 5.91 Å². The molecule has 0 unspecified atom stereocenters. The Morgan fingerprint density at radius 3 is 2.76 bits per heavy atom. The molecule has 0 spiro atoms. The number of nitrogens with one attached hydrogen (secondary N) is 2. The van der Waals surface area contributed by atoms with Crippen molar-refractivity contribution in [1.29, 1.82) is 0 Å². The normalized spacial score (nSPS) is 10.7. The minimum absolute atomic E-state index is 0.0172. The van der Waals surface area contributed by atoms with Crippen LogP contribution in [0.4, 0.5) is 4.39 Å². The van der Waals surface area contributed by atoms with Crippen LogP contribution in [0.1, 0.15) is 32.3 Å². The third-order valence-corrected chi connectivity index (χ3v) is 2.91. The van der Waals surface area contributed by atoms with Crippen molar-refractivity contribution < 1.29 is 13.9 Å². The summed E-state index contributed by atoms with van der Waals surface area (Å²) in [6.07, 6.45) is 1.02. The van der Waals surface area contributed by atoms with Gasteiger partial charge in [0.2, 0.25) is 5.91 Å². The van der Waals surface area contributed by atoms with Gasteiger partial charge in [-0.25, -0.2) is 4.39 Å². The van der Waals surface area contributed by atoms with Gasteiger partial charge in [0.05, 0.1) is 6.61 Å². The molecule has 0 saturated carbocycles. The summed E-state index contributed by atoms with van der Waals surface area (Å²) in [4.78, 5) is 11.1. The molecule has 0 aromatic heterocycles. The van der Waals surface area contributed by atoms with E-state index in [0.29, 0.717) is 37.7 Å². The molecule has 5 heteroatoms. The number of hydrogen-bond donors (Lipinski definition) is 2. The molecule has 21 heavy (non-hydrogen) atoms. The van der Waals surface area contributed by atoms with Crippen LogP contribution in [0.25, 0.3) is 0 Å². The van der Waals surface area contributed by atoms with E-state index in [9.17, 15) is 9.18 Å². The number of carbonyl (C=O) groups is 1. The minimum atomic E-state index is -0.305. The minimum Gasteiger partial charge on any atom is -0.493 e. The standard InChI is InChI=1S/C16H25FN2O2/c1-12(2)10-19-11-13-7-14(17)9-15(8-13)21-6-4-5-16(20)18-3/h7-9,12,19H,4-6,10-11H2,1-3H3,(H,18,20). The van der Waals surface area contributed by atoms with Crippen LogP contribution in [-0.4, -0.2) is 26.1 Å². The maximum atomic E-state index is 13.5. The Balaban J connectivity index is 2.43. The molecule has 1 aromatic carbocycles. The van der Waals surface area contributed by atoms with Crippen LogP contribution in [0, 0.1) is 11.7 Å². The lowest BCUT2D eigenvalue weighted by Gasteiger charge is -2.10. The Morgan fingerprint density at radius 1 is 1.33 bits per heavy atom. The third kappa shape index (κ3) is 7.66. The first-order chi connectivity index (χ1) is 10.0. The lowest BCUT2D eigenvalue weighted by molar-refractivity contribution is -0.120. The van der Waals surface area contributed by atoms with Crippen LogP contribution in [0.15, 0.2) is 18.2 Å². The first-order valence-corrected chi connectivity index (χ1v) is 7.35. The molecule has 1 aromatic rings. The van der Waals surface area contributed by atoms with E-state index in [1.54, 1.807) is 7.05 Å². The number of hydrogen-bond acceptors (Lipinski definition) is 3. The van der Waals surface area contributed by atoms with Gasteiger partial charge in [0.15, 0.2) is 0 Å². The topological polar surface area (TPSA) is 50.4 Å². The van der Waals surface area contributed by atoms with E-state index in [2.05, 4.69) is 24.5 Å². The lowest BCUT2D eigenvalue weighted by atomic mass is 10.2. The van der Waals surface area contributed by atoms with Gasteiger partial charge in [-0.15, -0.1) is 0 Å². The fraction of sp³-hybridized carbons (Fsp3) is 0.562. The largest absolute Gasteiger partial charge is 0.493 e. The second kappa shape index (κ2) is 9.34. The monoisotopic (exact) mass is 296 g/mol. The second-order valence-corrected chi connectivity index (χ2v) is 5.45. The van der Waals surface area contributed by atoms with E-state index >= 15 is 0 Å². The van der Waals surface area contributed by atoms with E-state index in [1.165, 1.54) is 12.1 Å². The van der Waals surface area contributed by atoms with Crippen LogP contribution >= 0.6 is 0 Å². The summed E-state index contributed by atoms with van der Waals surface area (Å²) < 4.78 is 19.0. The van der Waals surface area contributed by atoms with Crippen LogP contribution < -0.4 is 15.4 Å². The highest BCUT2D eigenvalue weighted by Gasteiger charge is 2.04. The van der Waals surface area contributed by atoms with Gasteiger partial charge in [-0.2, -0.15) is 0 Å². The smallest absolute Gasteiger partial charge is 0.219 e. The molecule has 0 fully saturated rings. The van der Waals surface area contributed by atoms with Gasteiger partial charge in [-0.05, 0) is 36.6 Å². The molecule has 0 aliphatic rings. The fourth-order valence-corrected chi connectivity index (χ4v) is 1.86. The van der Waals surface area contributed by atoms with Gasteiger partial charge in [0.1, 0.15) is 11.6 Å². The van der Waals surface area contributed by atoms with Crippen molar-refractivity contribution in [3.8, 4) is 5.75 Å². The quantitative estimate of drug-likeness (QED) is 0.688. The number of rotatable bonds is 9. The van der Waals surface area contributed by atoms with Crippen molar-refractivity contribution in [1.82, 2.24) is 10.6 Å². The molecule has 118 valence electrons. The molecule has 0 aliphatic carbocycles. The first kappa shape index (κ1) is 17.4. The van der Waals surface area contributed by atoms with E-state index in [-0.39, 0.29) is 11.7 Å². The average Bonchev–Trinajstić information content (AvgIpc) is 2.42. The van der Waals surface area contributed by atoms with E-state index in [4.69, 9.17) is 4.74 Å². The maximum absolute atomic E-state index is 13.5. The van der Waals surface area contributed by atoms with E-state index in [0.717, 1.165) is 12.1 Å². The third-order valence-electron chi connectivity index (χ3n) is 2.91. The molecule has 4 nitrogen and oxygen atoms in total. The average molecular weight is 296 g/mol. The SMILES string of the molecule is CNC(=O)CCCOc1cc(F)cc(CNCC(C)C)c1. The van der Waals surface area contributed by atoms with Crippen molar-refractivity contribution in [3.05, 3.63) is 29.6 Å². The van der Waals surface area contributed by atoms with Gasteiger partial charge in [0.25, 0.3) is 0 Å². The number of carbonyl (C=O) groups excluding carboxylic acids is 1. The molecule has 2 N–H and O–H groups in total. The van der Waals surface area contributed by atoms with Crippen molar-refractivity contribution in [2.75, 3.05) is 20.2 Å². The number of halogens is 1. The predicted molar refractivity (Wildman–Crippen MR) is 81.7 cm³/mol. The van der Waals surface area contributed by atoms with Crippen molar-refractivity contribution in [2.24, 2.45) is 5.92 Å². The van der Waals surface area contributed by atoms with Crippen molar-refractivity contribution in [2.45, 2.75) is 33.2 Å². The van der Waals surface area contributed by atoms with Crippen molar-refractivity contribution in [3.63, 3.8) is 0 Å². The number of benzene rings is 1. The number of amides is 1. The lowest BCUT2D eigenvalue weighted by Crippen LogP contribution is -2.19. The molecular formula is C16H25FN2O2. The summed E-state index contributed by atoms with van der Waals surface area (Å²) in [7, 11) is 1.60. The summed E-state index contributed by atoms with van der Waals surface area (Å²) in [6, 6.07) is 4.70. The molecule has 0 bridgehead atoms. The van der Waals surface area contributed by atoms with Gasteiger partial charge in [-0.1, -0.05) is 13.8 Å². The van der Waals surface area contributed by atoms with Crippen LogP contribution in [0.2, 0.25) is 0 Å². The highest BCUT2D eigenvalue weighted by atomic mass is 19.1. The summed E-state index contributed by atoms with van der Waals surface area (Å²) >= 11 is 0. The fourth-order valence-electron chi connectivity index (χ4n) is 1.86. The highest BCUT2D eigenvalue weighted by molar-refractivity contribution is 5.75. The second-order valence-electron chi connectivity index (χ2n) is 5.45. The maximum Gasteiger partial charge on any atom is 0.219 e. The van der Waals surface area contributed by atoms with Gasteiger partial charge < -0.3 is 15.4 Å². The zero-order chi connectivity index (χ0) is 15.7. The molecule has 0 saturated heterocycles. The van der Waals surface area contributed by atoms with Crippen LogP contribution in [0.3, 0.4) is 0 Å². The number of ether oxygens (including phenoxy) is 1. The Kier molecular flexibility index (Phi) is 7.75. The Hall–Kier alpha value is -1.62. The Labute approximate surface area is 126 Å². The highest BCUT2D eigenvalue weighted by Crippen LogP contribution is 2.17. The summed E-state index contributed by atoms with van der Waals surface area (Å²) in [5.74, 6) is 0.740. The Morgan fingerprint density at radius 2 is 2.10 bits per heavy atom. The van der Waals surface area contributed by atoms with Crippen LogP contribution in [0.5, 0.6) is 5.75 Å². The molecule has 1 rings (SSSR count). The zero-order valence-electron chi connectivity index (χ0n) is 13.0. The molecule has 0 radical (unpaired) electrons. The molecule has 0 aliphatic heterocycles. The molecule has 0 atom stereocenters. The van der Waals surface area contributed by atoms with E-state index < -0.39 is 0 Å². The molecular weight excluding hydrogens is 271 g/mol. The summed E-state index contributed by atoms with van der Waals surface area (Å²) in [5, 5.41) is 5.82. The summed E-state index contributed by atoms with van der Waals surface area (Å²) in [5.41, 5.74) is 0.858. The molecule has 1 amide bonds.